The van der Waals surface area contributed by atoms with Crippen LogP contribution in [0.4, 0.5) is 4.39 Å². The van der Waals surface area contributed by atoms with E-state index in [0.29, 0.717) is 31.6 Å². The number of hydrogen-bond acceptors (Lipinski definition) is 4. The second-order valence-corrected chi connectivity index (χ2v) is 12.2. The van der Waals surface area contributed by atoms with Crippen molar-refractivity contribution in [3.63, 3.8) is 0 Å². The Morgan fingerprint density at radius 3 is 2.57 bits per heavy atom. The molecule has 0 amide bonds. The van der Waals surface area contributed by atoms with Crippen LogP contribution >= 0.6 is 0 Å². The van der Waals surface area contributed by atoms with E-state index in [4.69, 9.17) is 0 Å². The van der Waals surface area contributed by atoms with Crippen LogP contribution in [0.25, 0.3) is 0 Å². The number of allylic oxidation sites excluding steroid dienone is 4. The van der Waals surface area contributed by atoms with E-state index in [1.54, 1.807) is 6.08 Å². The summed E-state index contributed by atoms with van der Waals surface area (Å²) in [4.78, 5) is 27.4. The molecule has 9 atom stereocenters. The van der Waals surface area contributed by atoms with Gasteiger partial charge < -0.3 is 10.2 Å². The molecule has 2 N–H and O–H groups in total. The number of aliphatic hydroxyl groups is 1. The molecular formula is C31H36FNO4. The molecule has 5 aliphatic rings. The van der Waals surface area contributed by atoms with E-state index in [0.717, 1.165) is 12.0 Å². The molecule has 37 heavy (non-hydrogen) atoms. The summed E-state index contributed by atoms with van der Waals surface area (Å²) >= 11 is 0. The third kappa shape index (κ3) is 3.51. The molecule has 1 heterocycles. The molecule has 2 unspecified atom stereocenters. The van der Waals surface area contributed by atoms with Crippen LogP contribution in [0.1, 0.15) is 38.7 Å². The van der Waals surface area contributed by atoms with Gasteiger partial charge >= 0.3 is 5.97 Å². The van der Waals surface area contributed by atoms with Crippen molar-refractivity contribution in [3.05, 3.63) is 59.7 Å². The second-order valence-electron chi connectivity index (χ2n) is 12.2. The summed E-state index contributed by atoms with van der Waals surface area (Å²) in [6.45, 7) is 5.87. The number of likely N-dealkylation sites (tertiary alicyclic amines) is 1. The molecule has 4 aliphatic carbocycles. The van der Waals surface area contributed by atoms with Crippen LogP contribution in [0.2, 0.25) is 0 Å². The highest BCUT2D eigenvalue weighted by atomic mass is 19.1. The van der Waals surface area contributed by atoms with Crippen molar-refractivity contribution >= 4 is 11.8 Å². The lowest BCUT2D eigenvalue weighted by Crippen LogP contribution is -2.61. The fourth-order valence-electron chi connectivity index (χ4n) is 9.32. The summed E-state index contributed by atoms with van der Waals surface area (Å²) < 4.78 is 15.6. The van der Waals surface area contributed by atoms with E-state index in [1.165, 1.54) is 12.2 Å². The molecule has 5 nitrogen and oxygen atoms in total. The van der Waals surface area contributed by atoms with E-state index >= 15 is 4.39 Å². The standard InChI is InChI=1S/C29H34FNO4.C2H2/c1-27-9-8-19(32)11-22(27)23(30)12-20-21-10-18-15-31(14-17-6-4-3-5-7-17)16-29(18,26(34)35)28(21,2)13-24(33)25(20)27;1-2/h3-9,11,18,20-21,23-25,33H,10,12-16H2,1-2H3,(H,34,35);1-2H/t18-,20-,21?,23-,24-,25?,27-,28-,29+;/m0./s1. The van der Waals surface area contributed by atoms with E-state index in [9.17, 15) is 19.8 Å². The number of ketones is 1. The number of rotatable bonds is 3. The minimum absolute atomic E-state index is 0.0264. The minimum atomic E-state index is -1.25. The average molecular weight is 506 g/mol. The predicted octanol–water partition coefficient (Wildman–Crippen LogP) is 4.28. The molecule has 1 saturated heterocycles. The van der Waals surface area contributed by atoms with E-state index < -0.39 is 34.5 Å². The lowest BCUT2D eigenvalue weighted by atomic mass is 9.44. The Morgan fingerprint density at radius 2 is 1.89 bits per heavy atom. The molecule has 1 aromatic rings. The van der Waals surface area contributed by atoms with Gasteiger partial charge in [-0.25, -0.2) is 4.39 Å². The summed E-state index contributed by atoms with van der Waals surface area (Å²) in [6, 6.07) is 10.1. The van der Waals surface area contributed by atoms with Crippen molar-refractivity contribution < 1.29 is 24.2 Å². The van der Waals surface area contributed by atoms with Crippen LogP contribution in [0.3, 0.4) is 0 Å². The van der Waals surface area contributed by atoms with Gasteiger partial charge in [-0.1, -0.05) is 50.3 Å². The van der Waals surface area contributed by atoms with Crippen molar-refractivity contribution in [1.29, 1.82) is 0 Å². The van der Waals surface area contributed by atoms with Gasteiger partial charge in [-0.2, -0.15) is 0 Å². The number of nitrogens with zero attached hydrogens (tertiary/aromatic N) is 1. The van der Waals surface area contributed by atoms with Crippen molar-refractivity contribution in [2.45, 2.75) is 51.9 Å². The lowest BCUT2D eigenvalue weighted by Gasteiger charge is -2.60. The predicted molar refractivity (Wildman–Crippen MR) is 139 cm³/mol. The van der Waals surface area contributed by atoms with Crippen LogP contribution in [-0.4, -0.2) is 52.2 Å². The Hall–Kier alpha value is -2.75. The van der Waals surface area contributed by atoms with Gasteiger partial charge in [0.1, 0.15) is 6.17 Å². The first-order valence-electron chi connectivity index (χ1n) is 13.2. The van der Waals surface area contributed by atoms with Gasteiger partial charge in [0.25, 0.3) is 0 Å². The highest BCUT2D eigenvalue weighted by molar-refractivity contribution is 6.01. The number of carboxylic acids is 1. The fraction of sp³-hybridized carbons (Fsp3) is 0.548. The maximum Gasteiger partial charge on any atom is 0.311 e. The number of fused-ring (bicyclic) bond motifs is 7. The molecule has 0 aromatic heterocycles. The third-order valence-electron chi connectivity index (χ3n) is 10.7. The summed E-state index contributed by atoms with van der Waals surface area (Å²) in [7, 11) is 0. The van der Waals surface area contributed by atoms with Crippen molar-refractivity contribution in [2.75, 3.05) is 13.1 Å². The number of alkyl halides is 1. The van der Waals surface area contributed by atoms with Gasteiger partial charge in [-0.3, -0.25) is 14.5 Å². The molecule has 1 aromatic carbocycles. The number of terminal acetylenes is 1. The topological polar surface area (TPSA) is 77.8 Å². The van der Waals surface area contributed by atoms with Gasteiger partial charge in [0, 0.05) is 31.0 Å². The van der Waals surface area contributed by atoms with Gasteiger partial charge in [-0.15, -0.1) is 12.8 Å². The number of aliphatic carboxylic acids is 1. The Morgan fingerprint density at radius 1 is 1.19 bits per heavy atom. The Labute approximate surface area is 218 Å². The van der Waals surface area contributed by atoms with E-state index in [-0.39, 0.29) is 35.9 Å². The van der Waals surface area contributed by atoms with E-state index in [2.05, 4.69) is 36.8 Å². The number of benzene rings is 1. The van der Waals surface area contributed by atoms with Crippen LogP contribution < -0.4 is 0 Å². The van der Waals surface area contributed by atoms with Crippen LogP contribution in [0, 0.1) is 52.8 Å². The number of hydrogen-bond donors (Lipinski definition) is 2. The zero-order chi connectivity index (χ0) is 26.8. The largest absolute Gasteiger partial charge is 0.481 e. The number of aliphatic hydroxyl groups excluding tert-OH is 1. The van der Waals surface area contributed by atoms with Crippen molar-refractivity contribution in [2.24, 2.45) is 39.9 Å². The molecule has 6 rings (SSSR count). The molecule has 0 bridgehead atoms. The summed E-state index contributed by atoms with van der Waals surface area (Å²) in [5, 5.41) is 22.3. The highest BCUT2D eigenvalue weighted by Gasteiger charge is 2.74. The SMILES string of the molecule is C#C.C[C@]12C=CC(=O)C=C1[C@@H](F)C[C@@H]1C2[C@@H](O)C[C@@]2(C)C1C[C@H]1CN(Cc3ccccc3)C[C@]12C(=O)O. The third-order valence-corrected chi connectivity index (χ3v) is 10.7. The van der Waals surface area contributed by atoms with Crippen LogP contribution in [-0.2, 0) is 16.1 Å². The molecule has 3 saturated carbocycles. The summed E-state index contributed by atoms with van der Waals surface area (Å²) in [5.41, 5.74) is -0.656. The lowest BCUT2D eigenvalue weighted by molar-refractivity contribution is -0.175. The van der Waals surface area contributed by atoms with E-state index in [1.807, 2.05) is 25.1 Å². The molecule has 0 spiro atoms. The normalized spacial score (nSPS) is 43.9. The zero-order valence-electron chi connectivity index (χ0n) is 21.5. The fourth-order valence-corrected chi connectivity index (χ4v) is 9.32. The maximum atomic E-state index is 15.6. The number of carbonyl (C=O) groups excluding carboxylic acids is 1. The minimum Gasteiger partial charge on any atom is -0.481 e. The first-order valence-corrected chi connectivity index (χ1v) is 13.2. The zero-order valence-corrected chi connectivity index (χ0v) is 21.5. The highest BCUT2D eigenvalue weighted by Crippen LogP contribution is 2.72. The number of carbonyl (C=O) groups is 2. The molecule has 6 heteroatoms. The number of carboxylic acid groups (broad SMARTS) is 1. The van der Waals surface area contributed by atoms with Gasteiger partial charge in [0.15, 0.2) is 5.78 Å². The van der Waals surface area contributed by atoms with Gasteiger partial charge in [-0.05, 0) is 65.7 Å². The quantitative estimate of drug-likeness (QED) is 0.600. The van der Waals surface area contributed by atoms with Crippen LogP contribution in [0.5, 0.6) is 0 Å². The Balaban J connectivity index is 0.00000137. The first kappa shape index (κ1) is 25.9. The Bertz CT molecular complexity index is 1180. The smallest absolute Gasteiger partial charge is 0.311 e. The average Bonchev–Trinajstić information content (AvgIpc) is 3.34. The van der Waals surface area contributed by atoms with Crippen LogP contribution in [0.15, 0.2) is 54.1 Å². The Kier molecular flexibility index (Phi) is 6.24. The summed E-state index contributed by atoms with van der Waals surface area (Å²) in [6.07, 6.45) is 12.1. The van der Waals surface area contributed by atoms with Crippen molar-refractivity contribution in [1.82, 2.24) is 4.90 Å². The van der Waals surface area contributed by atoms with Gasteiger partial charge in [0.05, 0.1) is 11.5 Å². The van der Waals surface area contributed by atoms with Gasteiger partial charge in [0.2, 0.25) is 0 Å². The number of halogens is 1. The molecule has 4 fully saturated rings. The molecular weight excluding hydrogens is 469 g/mol. The van der Waals surface area contributed by atoms with Crippen molar-refractivity contribution in [3.8, 4) is 12.8 Å². The molecule has 196 valence electrons. The second kappa shape index (κ2) is 8.92. The molecule has 0 radical (unpaired) electrons. The monoisotopic (exact) mass is 505 g/mol. The maximum absolute atomic E-state index is 15.6. The summed E-state index contributed by atoms with van der Waals surface area (Å²) in [5.74, 6) is -1.32. The first-order chi connectivity index (χ1) is 17.6. The molecule has 1 aliphatic heterocycles.